The Labute approximate surface area is 124 Å². The summed E-state index contributed by atoms with van der Waals surface area (Å²) in [5.74, 6) is -0.173. The van der Waals surface area contributed by atoms with E-state index in [1.165, 1.54) is 16.7 Å². The van der Waals surface area contributed by atoms with Crippen molar-refractivity contribution in [3.05, 3.63) is 41.3 Å². The van der Waals surface area contributed by atoms with Crippen molar-refractivity contribution in [2.45, 2.75) is 36.8 Å². The van der Waals surface area contributed by atoms with Crippen LogP contribution < -0.4 is 0 Å². The van der Waals surface area contributed by atoms with Crippen LogP contribution in [0, 0.1) is 0 Å². The van der Waals surface area contributed by atoms with Crippen LogP contribution in [0.15, 0.2) is 46.2 Å². The number of fused-ring (bicyclic) bond motifs is 1. The number of carbonyl (C=O) groups excluding carboxylic acids is 1. The third-order valence-electron chi connectivity index (χ3n) is 3.79. The fraction of sp³-hybridized carbons (Fsp3) is 0.438. The van der Waals surface area contributed by atoms with E-state index in [4.69, 9.17) is 4.74 Å². The van der Waals surface area contributed by atoms with Crippen LogP contribution in [0.25, 0.3) is 0 Å². The number of ether oxygens (including phenoxy) is 1. The van der Waals surface area contributed by atoms with E-state index >= 15 is 0 Å². The van der Waals surface area contributed by atoms with E-state index in [0.29, 0.717) is 0 Å². The van der Waals surface area contributed by atoms with E-state index in [1.54, 1.807) is 11.8 Å². The third-order valence-corrected chi connectivity index (χ3v) is 4.95. The molecule has 0 amide bonds. The molecule has 3 nitrogen and oxygen atoms in total. The minimum Gasteiger partial charge on any atom is -0.461 e. The normalized spacial score (nSPS) is 25.9. The van der Waals surface area contributed by atoms with Gasteiger partial charge >= 0.3 is 5.97 Å². The first-order valence-electron chi connectivity index (χ1n) is 7.08. The maximum atomic E-state index is 11.3. The summed E-state index contributed by atoms with van der Waals surface area (Å²) in [4.78, 5) is 16.3. The van der Waals surface area contributed by atoms with Gasteiger partial charge in [-0.25, -0.2) is 0 Å². The average Bonchev–Trinajstić information content (AvgIpc) is 2.84. The van der Waals surface area contributed by atoms with Gasteiger partial charge in [-0.05, 0) is 31.5 Å². The maximum absolute atomic E-state index is 11.3. The summed E-state index contributed by atoms with van der Waals surface area (Å²) in [6.07, 6.45) is 4.36. The first-order valence-corrected chi connectivity index (χ1v) is 7.90. The Balaban J connectivity index is 1.76. The highest BCUT2D eigenvalue weighted by Crippen LogP contribution is 2.39. The number of nitrogens with zero attached hydrogens (tertiary/aromatic N) is 1. The average molecular weight is 289 g/mol. The Morgan fingerprint density at radius 2 is 2.15 bits per heavy atom. The van der Waals surface area contributed by atoms with Crippen LogP contribution in [0.5, 0.6) is 0 Å². The molecule has 4 heteroatoms. The van der Waals surface area contributed by atoms with Crippen LogP contribution in [0.3, 0.4) is 0 Å². The van der Waals surface area contributed by atoms with E-state index in [-0.39, 0.29) is 18.1 Å². The van der Waals surface area contributed by atoms with Gasteiger partial charge in [0.15, 0.2) is 0 Å². The van der Waals surface area contributed by atoms with Gasteiger partial charge in [0.1, 0.15) is 6.10 Å². The van der Waals surface area contributed by atoms with Crippen LogP contribution in [-0.2, 0) is 9.53 Å². The highest BCUT2D eigenvalue weighted by Gasteiger charge is 2.39. The summed E-state index contributed by atoms with van der Waals surface area (Å²) < 4.78 is 5.54. The zero-order valence-corrected chi connectivity index (χ0v) is 12.4. The van der Waals surface area contributed by atoms with Crippen LogP contribution in [-0.4, -0.2) is 36.1 Å². The zero-order chi connectivity index (χ0) is 13.9. The molecule has 1 fully saturated rings. The lowest BCUT2D eigenvalue weighted by molar-refractivity contribution is -0.150. The van der Waals surface area contributed by atoms with E-state index in [2.05, 4.69) is 35.2 Å². The number of rotatable bonds is 3. The standard InChI is InChI=1S/C16H19NO2S/c1-12(18)19-14-8-5-10-17-11-9-15(16(14)17)20-13-6-3-2-4-7-13/h2-4,6-7,9,14,16H,5,8,10-11H2,1H3/t14-,16-/m1/s1. The van der Waals surface area contributed by atoms with Crippen LogP contribution >= 0.6 is 11.8 Å². The van der Waals surface area contributed by atoms with E-state index in [0.717, 1.165) is 25.9 Å². The topological polar surface area (TPSA) is 29.5 Å². The molecule has 2 heterocycles. The van der Waals surface area contributed by atoms with Gasteiger partial charge in [0, 0.05) is 23.3 Å². The molecule has 0 aromatic heterocycles. The second-order valence-electron chi connectivity index (χ2n) is 5.25. The number of esters is 1. The largest absolute Gasteiger partial charge is 0.461 e. The van der Waals surface area contributed by atoms with Crippen LogP contribution in [0.4, 0.5) is 0 Å². The number of hydrogen-bond acceptors (Lipinski definition) is 4. The van der Waals surface area contributed by atoms with Gasteiger partial charge in [-0.3, -0.25) is 9.69 Å². The van der Waals surface area contributed by atoms with Gasteiger partial charge in [0.25, 0.3) is 0 Å². The Kier molecular flexibility index (Phi) is 4.13. The van der Waals surface area contributed by atoms with Gasteiger partial charge in [-0.1, -0.05) is 36.0 Å². The van der Waals surface area contributed by atoms with Crippen molar-refractivity contribution in [3.8, 4) is 0 Å². The van der Waals surface area contributed by atoms with Crippen molar-refractivity contribution in [2.24, 2.45) is 0 Å². The molecule has 0 aliphatic carbocycles. The minimum absolute atomic E-state index is 0.00575. The van der Waals surface area contributed by atoms with Crippen molar-refractivity contribution >= 4 is 17.7 Å². The molecule has 0 spiro atoms. The van der Waals surface area contributed by atoms with Crippen molar-refractivity contribution in [2.75, 3.05) is 13.1 Å². The lowest BCUT2D eigenvalue weighted by atomic mass is 10.0. The Morgan fingerprint density at radius 3 is 2.90 bits per heavy atom. The molecule has 0 N–H and O–H groups in total. The molecule has 1 aromatic carbocycles. The predicted molar refractivity (Wildman–Crippen MR) is 80.5 cm³/mol. The molecule has 2 aliphatic rings. The van der Waals surface area contributed by atoms with Crippen LogP contribution in [0.2, 0.25) is 0 Å². The molecule has 2 atom stereocenters. The molecule has 2 aliphatic heterocycles. The smallest absolute Gasteiger partial charge is 0.302 e. The number of piperidine rings is 1. The summed E-state index contributed by atoms with van der Waals surface area (Å²) >= 11 is 1.80. The molecule has 0 radical (unpaired) electrons. The van der Waals surface area contributed by atoms with Gasteiger partial charge < -0.3 is 4.74 Å². The molecule has 106 valence electrons. The maximum Gasteiger partial charge on any atom is 0.302 e. The zero-order valence-electron chi connectivity index (χ0n) is 11.6. The number of carbonyl (C=O) groups is 1. The quantitative estimate of drug-likeness (QED) is 0.800. The van der Waals surface area contributed by atoms with Crippen LogP contribution in [0.1, 0.15) is 19.8 Å². The highest BCUT2D eigenvalue weighted by molar-refractivity contribution is 8.03. The second kappa shape index (κ2) is 6.02. The predicted octanol–water partition coefficient (Wildman–Crippen LogP) is 3.07. The van der Waals surface area contributed by atoms with E-state index in [1.807, 2.05) is 6.07 Å². The number of benzene rings is 1. The monoisotopic (exact) mass is 289 g/mol. The van der Waals surface area contributed by atoms with Gasteiger partial charge in [-0.15, -0.1) is 0 Å². The Hall–Kier alpha value is -1.26. The fourth-order valence-electron chi connectivity index (χ4n) is 2.99. The fourth-order valence-corrected chi connectivity index (χ4v) is 4.13. The van der Waals surface area contributed by atoms with E-state index in [9.17, 15) is 4.79 Å². The molecular weight excluding hydrogens is 270 g/mol. The van der Waals surface area contributed by atoms with Crippen molar-refractivity contribution in [1.82, 2.24) is 4.90 Å². The first-order chi connectivity index (χ1) is 9.74. The molecule has 0 unspecified atom stereocenters. The molecule has 1 aromatic rings. The number of thioether (sulfide) groups is 1. The lowest BCUT2D eigenvalue weighted by Gasteiger charge is -2.37. The Morgan fingerprint density at radius 1 is 1.35 bits per heavy atom. The van der Waals surface area contributed by atoms with Crippen molar-refractivity contribution in [1.29, 1.82) is 0 Å². The molecule has 0 saturated carbocycles. The van der Waals surface area contributed by atoms with Crippen molar-refractivity contribution in [3.63, 3.8) is 0 Å². The molecular formula is C16H19NO2S. The lowest BCUT2D eigenvalue weighted by Crippen LogP contribution is -2.47. The number of hydrogen-bond donors (Lipinski definition) is 0. The molecule has 0 bridgehead atoms. The molecule has 20 heavy (non-hydrogen) atoms. The summed E-state index contributed by atoms with van der Waals surface area (Å²) in [5.41, 5.74) is 0. The summed E-state index contributed by atoms with van der Waals surface area (Å²) in [6, 6.07) is 10.6. The minimum atomic E-state index is -0.173. The molecule has 1 saturated heterocycles. The third kappa shape index (κ3) is 2.91. The van der Waals surface area contributed by atoms with Gasteiger partial charge in [0.2, 0.25) is 0 Å². The summed E-state index contributed by atoms with van der Waals surface area (Å²) in [7, 11) is 0. The Bertz CT molecular complexity index is 514. The van der Waals surface area contributed by atoms with Crippen molar-refractivity contribution < 1.29 is 9.53 Å². The van der Waals surface area contributed by atoms with E-state index < -0.39 is 0 Å². The SMILES string of the molecule is CC(=O)O[C@@H]1CCCN2CC=C(Sc3ccccc3)[C@@H]12. The second-order valence-corrected chi connectivity index (χ2v) is 6.40. The van der Waals surface area contributed by atoms with Gasteiger partial charge in [-0.2, -0.15) is 0 Å². The summed E-state index contributed by atoms with van der Waals surface area (Å²) in [6.45, 7) is 3.57. The van der Waals surface area contributed by atoms with Gasteiger partial charge in [0.05, 0.1) is 6.04 Å². The first kappa shape index (κ1) is 13.7. The summed E-state index contributed by atoms with van der Waals surface area (Å²) in [5, 5.41) is 0. The molecule has 3 rings (SSSR count). The highest BCUT2D eigenvalue weighted by atomic mass is 32.2.